The monoisotopic (exact) mass is 326 g/mol. The third kappa shape index (κ3) is 4.47. The van der Waals surface area contributed by atoms with Gasteiger partial charge in [0.05, 0.1) is 0 Å². The van der Waals surface area contributed by atoms with Crippen molar-refractivity contribution in [3.8, 4) is 0 Å². The molecule has 0 radical (unpaired) electrons. The Morgan fingerprint density at radius 1 is 0.958 bits per heavy atom. The number of anilines is 3. The maximum absolute atomic E-state index is 4.62. The zero-order valence-corrected chi connectivity index (χ0v) is 15.7. The van der Waals surface area contributed by atoms with Crippen molar-refractivity contribution in [1.29, 1.82) is 0 Å². The molecule has 0 aliphatic heterocycles. The number of aromatic nitrogens is 2. The van der Waals surface area contributed by atoms with E-state index in [1.807, 2.05) is 6.07 Å². The van der Waals surface area contributed by atoms with Crippen molar-refractivity contribution >= 4 is 17.5 Å². The number of benzene rings is 1. The lowest BCUT2D eigenvalue weighted by atomic mass is 9.93. The minimum Gasteiger partial charge on any atom is -0.367 e. The number of hydrogen-bond acceptors (Lipinski definition) is 4. The molecule has 1 unspecified atom stereocenters. The van der Waals surface area contributed by atoms with Crippen molar-refractivity contribution in [1.82, 2.24) is 9.97 Å². The van der Waals surface area contributed by atoms with E-state index in [0.29, 0.717) is 23.8 Å². The van der Waals surface area contributed by atoms with E-state index in [0.717, 1.165) is 17.9 Å². The van der Waals surface area contributed by atoms with E-state index in [9.17, 15) is 0 Å². The van der Waals surface area contributed by atoms with Crippen molar-refractivity contribution in [2.75, 3.05) is 10.6 Å². The van der Waals surface area contributed by atoms with E-state index in [1.54, 1.807) is 6.20 Å². The maximum atomic E-state index is 4.62. The van der Waals surface area contributed by atoms with Crippen LogP contribution in [0.1, 0.15) is 70.9 Å². The average molecular weight is 326 g/mol. The molecule has 2 rings (SSSR count). The first kappa shape index (κ1) is 18.2. The van der Waals surface area contributed by atoms with Crippen LogP contribution in [0.2, 0.25) is 0 Å². The lowest BCUT2D eigenvalue weighted by Gasteiger charge is -2.20. The molecule has 4 nitrogen and oxygen atoms in total. The Morgan fingerprint density at radius 2 is 1.58 bits per heavy atom. The predicted octanol–water partition coefficient (Wildman–Crippen LogP) is 5.68. The molecule has 130 valence electrons. The lowest BCUT2D eigenvalue weighted by Crippen LogP contribution is -2.15. The Morgan fingerprint density at radius 3 is 2.12 bits per heavy atom. The Bertz CT molecular complexity index is 638. The van der Waals surface area contributed by atoms with Crippen molar-refractivity contribution in [3.05, 3.63) is 41.6 Å². The van der Waals surface area contributed by atoms with E-state index in [2.05, 4.69) is 80.3 Å². The highest BCUT2D eigenvalue weighted by molar-refractivity contribution is 5.65. The minimum absolute atomic E-state index is 0.391. The fraction of sp³-hybridized carbons (Fsp3) is 0.500. The molecule has 0 saturated carbocycles. The zero-order valence-electron chi connectivity index (χ0n) is 15.7. The van der Waals surface area contributed by atoms with Gasteiger partial charge in [-0.05, 0) is 42.4 Å². The van der Waals surface area contributed by atoms with E-state index >= 15 is 0 Å². The molecule has 0 aliphatic rings. The zero-order chi connectivity index (χ0) is 17.7. The van der Waals surface area contributed by atoms with Crippen LogP contribution in [0.3, 0.4) is 0 Å². The molecule has 1 atom stereocenters. The van der Waals surface area contributed by atoms with E-state index in [4.69, 9.17) is 0 Å². The Labute approximate surface area is 146 Å². The third-order valence-corrected chi connectivity index (χ3v) is 4.27. The van der Waals surface area contributed by atoms with Crippen LogP contribution in [-0.2, 0) is 0 Å². The third-order valence-electron chi connectivity index (χ3n) is 4.27. The van der Waals surface area contributed by atoms with Gasteiger partial charge in [0.1, 0.15) is 5.82 Å². The molecule has 4 heteroatoms. The van der Waals surface area contributed by atoms with E-state index in [1.165, 1.54) is 11.1 Å². The molecule has 2 aromatic rings. The van der Waals surface area contributed by atoms with Crippen molar-refractivity contribution < 1.29 is 0 Å². The molecule has 0 fully saturated rings. The van der Waals surface area contributed by atoms with Gasteiger partial charge in [-0.15, -0.1) is 0 Å². The van der Waals surface area contributed by atoms with Gasteiger partial charge in [0.2, 0.25) is 5.95 Å². The number of rotatable bonds is 7. The number of nitrogens with one attached hydrogen (secondary N) is 2. The van der Waals surface area contributed by atoms with Crippen LogP contribution in [0.15, 0.2) is 30.5 Å². The number of para-hydroxylation sites is 1. The molecule has 1 heterocycles. The molecule has 2 N–H and O–H groups in total. The molecule has 1 aromatic carbocycles. The number of nitrogens with zero attached hydrogens (tertiary/aromatic N) is 2. The topological polar surface area (TPSA) is 49.8 Å². The van der Waals surface area contributed by atoms with Gasteiger partial charge in [0, 0.05) is 17.9 Å². The summed E-state index contributed by atoms with van der Waals surface area (Å²) in [5, 5.41) is 6.87. The summed E-state index contributed by atoms with van der Waals surface area (Å²) in [6.07, 6.45) is 2.85. The molecule has 0 bridgehead atoms. The summed E-state index contributed by atoms with van der Waals surface area (Å²) >= 11 is 0. The molecule has 1 aromatic heterocycles. The quantitative estimate of drug-likeness (QED) is 0.687. The van der Waals surface area contributed by atoms with Gasteiger partial charge in [-0.3, -0.25) is 0 Å². The summed E-state index contributed by atoms with van der Waals surface area (Å²) in [6.45, 7) is 13.2. The second-order valence-corrected chi connectivity index (χ2v) is 6.96. The summed E-state index contributed by atoms with van der Waals surface area (Å²) in [5.74, 6) is 2.37. The summed E-state index contributed by atoms with van der Waals surface area (Å²) in [7, 11) is 0. The van der Waals surface area contributed by atoms with Crippen LogP contribution < -0.4 is 10.6 Å². The van der Waals surface area contributed by atoms with Gasteiger partial charge in [-0.1, -0.05) is 52.8 Å². The molecule has 0 saturated heterocycles. The number of hydrogen-bond donors (Lipinski definition) is 2. The molecule has 0 spiro atoms. The van der Waals surface area contributed by atoms with Crippen molar-refractivity contribution in [2.24, 2.45) is 0 Å². The highest BCUT2D eigenvalue weighted by atomic mass is 15.1. The second kappa shape index (κ2) is 8.13. The highest BCUT2D eigenvalue weighted by Crippen LogP contribution is 2.33. The van der Waals surface area contributed by atoms with Gasteiger partial charge in [-0.25, -0.2) is 4.98 Å². The summed E-state index contributed by atoms with van der Waals surface area (Å²) < 4.78 is 0. The van der Waals surface area contributed by atoms with Gasteiger partial charge in [0.25, 0.3) is 0 Å². The standard InChI is InChI=1S/C20H30N4/c1-7-15(6)22-18-11-12-21-20(23-18)24-19-16(13(2)3)9-8-10-17(19)14(4)5/h8-15H,7H2,1-6H3,(H2,21,22,23,24). The summed E-state index contributed by atoms with van der Waals surface area (Å²) in [5.41, 5.74) is 3.73. The van der Waals surface area contributed by atoms with Crippen molar-refractivity contribution in [2.45, 2.75) is 65.8 Å². The molecule has 0 aliphatic carbocycles. The van der Waals surface area contributed by atoms with Gasteiger partial charge in [0.15, 0.2) is 0 Å². The van der Waals surface area contributed by atoms with Gasteiger partial charge in [-0.2, -0.15) is 4.98 Å². The first-order valence-corrected chi connectivity index (χ1v) is 8.91. The highest BCUT2D eigenvalue weighted by Gasteiger charge is 2.15. The van der Waals surface area contributed by atoms with Crippen LogP contribution in [0.5, 0.6) is 0 Å². The van der Waals surface area contributed by atoms with Crippen LogP contribution in [0, 0.1) is 0 Å². The first-order chi connectivity index (χ1) is 11.4. The van der Waals surface area contributed by atoms with Crippen LogP contribution in [-0.4, -0.2) is 16.0 Å². The second-order valence-electron chi connectivity index (χ2n) is 6.96. The molecular weight excluding hydrogens is 296 g/mol. The van der Waals surface area contributed by atoms with Crippen LogP contribution in [0.25, 0.3) is 0 Å². The largest absolute Gasteiger partial charge is 0.367 e. The average Bonchev–Trinajstić information content (AvgIpc) is 2.54. The van der Waals surface area contributed by atoms with Crippen LogP contribution in [0.4, 0.5) is 17.5 Å². The SMILES string of the molecule is CCC(C)Nc1ccnc(Nc2c(C(C)C)cccc2C(C)C)n1. The fourth-order valence-electron chi connectivity index (χ4n) is 2.66. The van der Waals surface area contributed by atoms with Crippen molar-refractivity contribution in [3.63, 3.8) is 0 Å². The predicted molar refractivity (Wildman–Crippen MR) is 103 cm³/mol. The molecule has 24 heavy (non-hydrogen) atoms. The fourth-order valence-corrected chi connectivity index (χ4v) is 2.66. The van der Waals surface area contributed by atoms with E-state index < -0.39 is 0 Å². The first-order valence-electron chi connectivity index (χ1n) is 8.91. The molecular formula is C20H30N4. The smallest absolute Gasteiger partial charge is 0.229 e. The normalized spacial score (nSPS) is 12.5. The summed E-state index contributed by atoms with van der Waals surface area (Å²) in [6, 6.07) is 8.80. The lowest BCUT2D eigenvalue weighted by molar-refractivity contribution is 0.758. The Kier molecular flexibility index (Phi) is 6.18. The minimum atomic E-state index is 0.391. The maximum Gasteiger partial charge on any atom is 0.229 e. The van der Waals surface area contributed by atoms with E-state index in [-0.39, 0.29) is 0 Å². The van der Waals surface area contributed by atoms with Gasteiger partial charge < -0.3 is 10.6 Å². The summed E-state index contributed by atoms with van der Waals surface area (Å²) in [4.78, 5) is 9.03. The van der Waals surface area contributed by atoms with Gasteiger partial charge >= 0.3 is 0 Å². The Hall–Kier alpha value is -2.10. The Balaban J connectivity index is 2.35. The van der Waals surface area contributed by atoms with Crippen LogP contribution >= 0.6 is 0 Å². The molecule has 0 amide bonds.